The Bertz CT molecular complexity index is 498. The molecule has 0 aliphatic carbocycles. The van der Waals surface area contributed by atoms with Gasteiger partial charge in [-0.3, -0.25) is 9.52 Å². The fraction of sp³-hybridized carbons (Fsp3) is 0.167. The SMILES string of the molecule is O=C(O)CS(=O)(=O)Nc1cc(Cl)nc(Cl)n1. The van der Waals surface area contributed by atoms with E-state index in [0.717, 1.165) is 6.07 Å². The number of carboxylic acids is 1. The highest BCUT2D eigenvalue weighted by Gasteiger charge is 2.16. The predicted octanol–water partition coefficient (Wildman–Crippen LogP) is 0.610. The molecule has 0 saturated heterocycles. The van der Waals surface area contributed by atoms with Crippen molar-refractivity contribution in [2.24, 2.45) is 0 Å². The van der Waals surface area contributed by atoms with Crippen LogP contribution in [0.2, 0.25) is 10.4 Å². The van der Waals surface area contributed by atoms with Crippen LogP contribution in [0.15, 0.2) is 6.07 Å². The maximum absolute atomic E-state index is 11.2. The molecule has 88 valence electrons. The second-order valence-corrected chi connectivity index (χ2v) is 5.05. The topological polar surface area (TPSA) is 109 Å². The Morgan fingerprint density at radius 1 is 1.44 bits per heavy atom. The number of nitrogens with one attached hydrogen (secondary N) is 1. The van der Waals surface area contributed by atoms with Crippen molar-refractivity contribution >= 4 is 45.0 Å². The van der Waals surface area contributed by atoms with Gasteiger partial charge in [-0.05, 0) is 11.6 Å². The highest BCUT2D eigenvalue weighted by Crippen LogP contribution is 2.15. The molecule has 2 N–H and O–H groups in total. The van der Waals surface area contributed by atoms with Gasteiger partial charge in [0, 0.05) is 6.07 Å². The summed E-state index contributed by atoms with van der Waals surface area (Å²) >= 11 is 10.9. The number of aromatic nitrogens is 2. The van der Waals surface area contributed by atoms with Gasteiger partial charge in [-0.2, -0.15) is 4.98 Å². The minimum atomic E-state index is -4.02. The van der Waals surface area contributed by atoms with Gasteiger partial charge in [0.05, 0.1) is 0 Å². The van der Waals surface area contributed by atoms with Gasteiger partial charge in [-0.15, -0.1) is 0 Å². The van der Waals surface area contributed by atoms with Crippen LogP contribution in [-0.2, 0) is 14.8 Å². The van der Waals surface area contributed by atoms with E-state index in [-0.39, 0.29) is 16.3 Å². The summed E-state index contributed by atoms with van der Waals surface area (Å²) < 4.78 is 24.3. The lowest BCUT2D eigenvalue weighted by Crippen LogP contribution is -2.22. The molecule has 1 heterocycles. The van der Waals surface area contributed by atoms with Crippen LogP contribution in [0.5, 0.6) is 0 Å². The van der Waals surface area contributed by atoms with Crippen molar-refractivity contribution in [3.05, 3.63) is 16.5 Å². The Morgan fingerprint density at radius 2 is 2.06 bits per heavy atom. The molecule has 7 nitrogen and oxygen atoms in total. The van der Waals surface area contributed by atoms with E-state index >= 15 is 0 Å². The van der Waals surface area contributed by atoms with Crippen LogP contribution in [0.25, 0.3) is 0 Å². The van der Waals surface area contributed by atoms with Crippen molar-refractivity contribution in [2.45, 2.75) is 0 Å². The van der Waals surface area contributed by atoms with Crippen molar-refractivity contribution < 1.29 is 18.3 Å². The van der Waals surface area contributed by atoms with Gasteiger partial charge in [0.2, 0.25) is 15.3 Å². The standard InChI is InChI=1S/C6H5Cl2N3O4S/c7-3-1-4(10-6(8)9-3)11-16(14,15)2-5(12)13/h1H,2H2,(H,12,13)(H,9,10,11). The largest absolute Gasteiger partial charge is 0.480 e. The van der Waals surface area contributed by atoms with Gasteiger partial charge < -0.3 is 5.11 Å². The maximum atomic E-state index is 11.2. The van der Waals surface area contributed by atoms with Gasteiger partial charge in [0.15, 0.2) is 5.75 Å². The molecule has 0 spiro atoms. The summed E-state index contributed by atoms with van der Waals surface area (Å²) in [7, 11) is -4.02. The Morgan fingerprint density at radius 3 is 2.56 bits per heavy atom. The van der Waals surface area contributed by atoms with Crippen molar-refractivity contribution in [1.29, 1.82) is 0 Å². The second-order valence-electron chi connectivity index (χ2n) is 2.60. The number of anilines is 1. The molecule has 1 rings (SSSR count). The number of sulfonamides is 1. The zero-order valence-corrected chi connectivity index (χ0v) is 9.84. The van der Waals surface area contributed by atoms with Crippen molar-refractivity contribution in [3.63, 3.8) is 0 Å². The summed E-state index contributed by atoms with van der Waals surface area (Å²) in [5, 5.41) is 8.02. The lowest BCUT2D eigenvalue weighted by atomic mass is 10.6. The molecule has 0 aliphatic heterocycles. The summed E-state index contributed by atoms with van der Waals surface area (Å²) in [5.41, 5.74) is 0. The van der Waals surface area contributed by atoms with Crippen LogP contribution in [0.4, 0.5) is 5.82 Å². The van der Waals surface area contributed by atoms with Crippen LogP contribution < -0.4 is 4.72 Å². The van der Waals surface area contributed by atoms with Gasteiger partial charge in [0.25, 0.3) is 0 Å². The minimum absolute atomic E-state index is 0.0620. The first kappa shape index (κ1) is 12.9. The quantitative estimate of drug-likeness (QED) is 0.620. The molecular formula is C6H5Cl2N3O4S. The molecule has 0 unspecified atom stereocenters. The van der Waals surface area contributed by atoms with Crippen LogP contribution in [-0.4, -0.2) is 35.2 Å². The Hall–Kier alpha value is -1.12. The number of hydrogen-bond donors (Lipinski definition) is 2. The Balaban J connectivity index is 2.92. The van der Waals surface area contributed by atoms with E-state index in [1.54, 1.807) is 0 Å². The molecule has 1 aromatic heterocycles. The molecule has 0 aliphatic rings. The van der Waals surface area contributed by atoms with E-state index < -0.39 is 21.7 Å². The monoisotopic (exact) mass is 285 g/mol. The summed E-state index contributed by atoms with van der Waals surface area (Å²) in [6.07, 6.45) is 0. The first-order valence-corrected chi connectivity index (χ1v) is 6.12. The van der Waals surface area contributed by atoms with Gasteiger partial charge in [-0.25, -0.2) is 13.4 Å². The van der Waals surface area contributed by atoms with Crippen LogP contribution in [0, 0.1) is 0 Å². The molecule has 0 atom stereocenters. The summed E-state index contributed by atoms with van der Waals surface area (Å²) in [5.74, 6) is -2.75. The molecular weight excluding hydrogens is 281 g/mol. The van der Waals surface area contributed by atoms with Crippen LogP contribution in [0.1, 0.15) is 0 Å². The highest BCUT2D eigenvalue weighted by molar-refractivity contribution is 7.93. The lowest BCUT2D eigenvalue weighted by molar-refractivity contribution is -0.134. The first-order valence-electron chi connectivity index (χ1n) is 3.71. The molecule has 0 radical (unpaired) electrons. The van der Waals surface area contributed by atoms with E-state index in [1.165, 1.54) is 0 Å². The fourth-order valence-corrected chi connectivity index (χ4v) is 2.03. The van der Waals surface area contributed by atoms with Gasteiger partial charge >= 0.3 is 5.97 Å². The van der Waals surface area contributed by atoms with Crippen LogP contribution in [0.3, 0.4) is 0 Å². The van der Waals surface area contributed by atoms with E-state index in [0.29, 0.717) is 0 Å². The summed E-state index contributed by atoms with van der Waals surface area (Å²) in [6, 6.07) is 1.10. The molecule has 16 heavy (non-hydrogen) atoms. The second kappa shape index (κ2) is 4.81. The lowest BCUT2D eigenvalue weighted by Gasteiger charge is -2.05. The third-order valence-electron chi connectivity index (χ3n) is 1.24. The maximum Gasteiger partial charge on any atom is 0.320 e. The molecule has 0 fully saturated rings. The van der Waals surface area contributed by atoms with E-state index in [1.807, 2.05) is 4.72 Å². The predicted molar refractivity (Wildman–Crippen MR) is 57.1 cm³/mol. The molecule has 0 amide bonds. The Labute approximate surface area is 100 Å². The number of rotatable bonds is 4. The smallest absolute Gasteiger partial charge is 0.320 e. The van der Waals surface area contributed by atoms with Crippen molar-refractivity contribution in [2.75, 3.05) is 10.5 Å². The van der Waals surface area contributed by atoms with Crippen LogP contribution >= 0.6 is 23.2 Å². The minimum Gasteiger partial charge on any atom is -0.480 e. The van der Waals surface area contributed by atoms with Crippen molar-refractivity contribution in [1.82, 2.24) is 9.97 Å². The fourth-order valence-electron chi connectivity index (χ4n) is 0.800. The van der Waals surface area contributed by atoms with Crippen molar-refractivity contribution in [3.8, 4) is 0 Å². The number of hydrogen-bond acceptors (Lipinski definition) is 5. The third kappa shape index (κ3) is 4.17. The number of carboxylic acid groups (broad SMARTS) is 1. The number of nitrogens with zero attached hydrogens (tertiary/aromatic N) is 2. The highest BCUT2D eigenvalue weighted by atomic mass is 35.5. The van der Waals surface area contributed by atoms with E-state index in [9.17, 15) is 13.2 Å². The van der Waals surface area contributed by atoms with Gasteiger partial charge in [-0.1, -0.05) is 11.6 Å². The normalized spacial score (nSPS) is 11.1. The first-order chi connectivity index (χ1) is 7.28. The summed E-state index contributed by atoms with van der Waals surface area (Å²) in [6.45, 7) is 0. The molecule has 0 saturated carbocycles. The summed E-state index contributed by atoms with van der Waals surface area (Å²) in [4.78, 5) is 17.2. The average Bonchev–Trinajstić information content (AvgIpc) is 1.95. The van der Waals surface area contributed by atoms with E-state index in [2.05, 4.69) is 9.97 Å². The molecule has 1 aromatic rings. The van der Waals surface area contributed by atoms with E-state index in [4.69, 9.17) is 28.3 Å². The molecule has 0 bridgehead atoms. The molecule has 10 heteroatoms. The Kier molecular flexibility index (Phi) is 3.89. The third-order valence-corrected chi connectivity index (χ3v) is 2.75. The number of halogens is 2. The number of aliphatic carboxylic acids is 1. The van der Waals surface area contributed by atoms with Gasteiger partial charge in [0.1, 0.15) is 11.0 Å². The zero-order valence-electron chi connectivity index (χ0n) is 7.52. The number of carbonyl (C=O) groups is 1. The average molecular weight is 286 g/mol. The molecule has 0 aromatic carbocycles. The zero-order chi connectivity index (χ0) is 12.3.